The van der Waals surface area contributed by atoms with E-state index in [9.17, 15) is 13.2 Å². The number of amides is 1. The number of carbonyl (C=O) groups is 1. The van der Waals surface area contributed by atoms with Crippen LogP contribution in [0.3, 0.4) is 0 Å². The number of nitrogens with zero attached hydrogens (tertiary/aromatic N) is 3. The lowest BCUT2D eigenvalue weighted by Gasteiger charge is -2.45. The first-order valence-corrected chi connectivity index (χ1v) is 13.5. The summed E-state index contributed by atoms with van der Waals surface area (Å²) >= 11 is 0. The second kappa shape index (κ2) is 9.31. The van der Waals surface area contributed by atoms with Crippen molar-refractivity contribution in [1.29, 1.82) is 0 Å². The van der Waals surface area contributed by atoms with Crippen LogP contribution >= 0.6 is 0 Å². The highest BCUT2D eigenvalue weighted by Crippen LogP contribution is 2.37. The van der Waals surface area contributed by atoms with Crippen LogP contribution in [0.1, 0.15) is 53.4 Å². The largest absolute Gasteiger partial charge is 0.323 e. The van der Waals surface area contributed by atoms with Crippen molar-refractivity contribution in [3.63, 3.8) is 0 Å². The van der Waals surface area contributed by atoms with Gasteiger partial charge in [-0.2, -0.15) is 4.31 Å². The summed E-state index contributed by atoms with van der Waals surface area (Å²) in [6, 6.07) is 8.78. The fourth-order valence-electron chi connectivity index (χ4n) is 5.13. The number of para-hydroxylation sites is 1. The Labute approximate surface area is 197 Å². The van der Waals surface area contributed by atoms with Gasteiger partial charge in [0, 0.05) is 31.2 Å². The quantitative estimate of drug-likeness (QED) is 0.666. The van der Waals surface area contributed by atoms with Crippen LogP contribution in [0.25, 0.3) is 10.9 Å². The Bertz CT molecular complexity index is 1100. The maximum atomic E-state index is 13.6. The van der Waals surface area contributed by atoms with Crippen molar-refractivity contribution in [3.05, 3.63) is 36.5 Å². The highest BCUT2D eigenvalue weighted by Gasteiger charge is 2.52. The number of piperidine rings is 1. The van der Waals surface area contributed by atoms with Gasteiger partial charge in [0.05, 0.1) is 17.2 Å². The Morgan fingerprint density at radius 2 is 1.85 bits per heavy atom. The van der Waals surface area contributed by atoms with Crippen LogP contribution in [0.5, 0.6) is 0 Å². The molecule has 4 rings (SSSR count). The van der Waals surface area contributed by atoms with E-state index in [1.807, 2.05) is 23.1 Å². The van der Waals surface area contributed by atoms with Crippen molar-refractivity contribution in [1.82, 2.24) is 19.5 Å². The molecule has 2 aliphatic rings. The van der Waals surface area contributed by atoms with E-state index in [0.29, 0.717) is 49.8 Å². The molecule has 1 aromatic heterocycles. The lowest BCUT2D eigenvalue weighted by Crippen LogP contribution is -2.60. The number of nitrogens with one attached hydrogen (secondary N) is 1. The molecule has 180 valence electrons. The van der Waals surface area contributed by atoms with Crippen molar-refractivity contribution >= 4 is 26.8 Å². The smallest absolute Gasteiger partial charge is 0.245 e. The Morgan fingerprint density at radius 1 is 1.15 bits per heavy atom. The number of benzene rings is 1. The van der Waals surface area contributed by atoms with Crippen LogP contribution in [0.15, 0.2) is 41.4 Å². The maximum absolute atomic E-state index is 13.6. The van der Waals surface area contributed by atoms with Gasteiger partial charge in [-0.05, 0) is 43.2 Å². The van der Waals surface area contributed by atoms with Gasteiger partial charge in [0.25, 0.3) is 0 Å². The Kier molecular flexibility index (Phi) is 6.80. The molecular weight excluding hydrogens is 436 g/mol. The van der Waals surface area contributed by atoms with Gasteiger partial charge < -0.3 is 4.90 Å². The standard InChI is InChI=1S/C25H36N4O3S/c1-5-19(4)17-29-24(30)21(16-18(2)3)27-25(29)11-14-28(15-12-25)33(31,32)22-10-6-8-20-9-7-13-26-23(20)22/h6-10,13,18-19,21,27H,5,11-12,14-17H2,1-4H3. The second-order valence-electron chi connectivity index (χ2n) is 10.1. The van der Waals surface area contributed by atoms with E-state index < -0.39 is 15.7 Å². The Balaban J connectivity index is 1.58. The van der Waals surface area contributed by atoms with Gasteiger partial charge in [-0.15, -0.1) is 0 Å². The third kappa shape index (κ3) is 4.53. The topological polar surface area (TPSA) is 82.6 Å². The molecule has 8 heteroatoms. The number of aromatic nitrogens is 1. The molecule has 0 bridgehead atoms. The minimum absolute atomic E-state index is 0.165. The molecule has 0 aliphatic carbocycles. The normalized spacial score (nSPS) is 22.5. The van der Waals surface area contributed by atoms with E-state index in [1.54, 1.807) is 22.6 Å². The molecule has 1 aromatic carbocycles. The molecule has 0 saturated carbocycles. The predicted molar refractivity (Wildman–Crippen MR) is 130 cm³/mol. The van der Waals surface area contributed by atoms with E-state index in [1.165, 1.54) is 0 Å². The predicted octanol–water partition coefficient (Wildman–Crippen LogP) is 3.61. The summed E-state index contributed by atoms with van der Waals surface area (Å²) in [6.07, 6.45) is 4.59. The molecule has 2 fully saturated rings. The number of hydrogen-bond acceptors (Lipinski definition) is 5. The third-order valence-electron chi connectivity index (χ3n) is 7.19. The van der Waals surface area contributed by atoms with Gasteiger partial charge in [-0.25, -0.2) is 8.42 Å². The number of pyridine rings is 1. The minimum Gasteiger partial charge on any atom is -0.323 e. The summed E-state index contributed by atoms with van der Waals surface area (Å²) in [5.74, 6) is 0.971. The summed E-state index contributed by atoms with van der Waals surface area (Å²) in [4.78, 5) is 20.0. The van der Waals surface area contributed by atoms with Gasteiger partial charge >= 0.3 is 0 Å². The molecule has 2 saturated heterocycles. The molecular formula is C25H36N4O3S. The molecule has 2 unspecified atom stereocenters. The molecule has 3 heterocycles. The molecule has 1 spiro atoms. The van der Waals surface area contributed by atoms with Crippen LogP contribution in [-0.2, 0) is 14.8 Å². The SMILES string of the molecule is CCC(C)CN1C(=O)C(CC(C)C)NC12CCN(S(=O)(=O)c1cccc3cccnc13)CC2. The van der Waals surface area contributed by atoms with Crippen LogP contribution in [-0.4, -0.2) is 59.9 Å². The lowest BCUT2D eigenvalue weighted by molar-refractivity contribution is -0.134. The highest BCUT2D eigenvalue weighted by atomic mass is 32.2. The van der Waals surface area contributed by atoms with E-state index in [4.69, 9.17) is 0 Å². The maximum Gasteiger partial charge on any atom is 0.245 e. The van der Waals surface area contributed by atoms with Crippen molar-refractivity contribution in [2.24, 2.45) is 11.8 Å². The zero-order valence-electron chi connectivity index (χ0n) is 20.1. The van der Waals surface area contributed by atoms with E-state index in [2.05, 4.69) is 38.0 Å². The van der Waals surface area contributed by atoms with Crippen LogP contribution in [0.4, 0.5) is 0 Å². The fourth-order valence-corrected chi connectivity index (χ4v) is 6.74. The zero-order valence-corrected chi connectivity index (χ0v) is 20.9. The van der Waals surface area contributed by atoms with E-state index in [-0.39, 0.29) is 16.8 Å². The number of sulfonamides is 1. The zero-order chi connectivity index (χ0) is 23.8. The summed E-state index contributed by atoms with van der Waals surface area (Å²) in [6.45, 7) is 10.0. The van der Waals surface area contributed by atoms with Gasteiger partial charge in [0.1, 0.15) is 4.90 Å². The van der Waals surface area contributed by atoms with Crippen LogP contribution in [0.2, 0.25) is 0 Å². The van der Waals surface area contributed by atoms with Crippen molar-refractivity contribution in [3.8, 4) is 0 Å². The van der Waals surface area contributed by atoms with E-state index in [0.717, 1.165) is 18.2 Å². The summed E-state index contributed by atoms with van der Waals surface area (Å²) in [7, 11) is -3.69. The third-order valence-corrected chi connectivity index (χ3v) is 9.12. The molecule has 2 aromatic rings. The molecule has 7 nitrogen and oxygen atoms in total. The molecule has 2 aliphatic heterocycles. The Hall–Kier alpha value is -2.03. The highest BCUT2D eigenvalue weighted by molar-refractivity contribution is 7.89. The lowest BCUT2D eigenvalue weighted by atomic mass is 9.95. The Morgan fingerprint density at radius 3 is 2.52 bits per heavy atom. The molecule has 33 heavy (non-hydrogen) atoms. The number of rotatable bonds is 7. The summed E-state index contributed by atoms with van der Waals surface area (Å²) in [5.41, 5.74) is 0.0353. The first-order valence-electron chi connectivity index (χ1n) is 12.1. The summed E-state index contributed by atoms with van der Waals surface area (Å²) in [5, 5.41) is 4.46. The average molecular weight is 473 g/mol. The molecule has 2 atom stereocenters. The van der Waals surface area contributed by atoms with Gasteiger partial charge in [-0.3, -0.25) is 15.1 Å². The number of hydrogen-bond donors (Lipinski definition) is 1. The molecule has 1 amide bonds. The van der Waals surface area contributed by atoms with Crippen molar-refractivity contribution in [2.45, 2.75) is 70.0 Å². The van der Waals surface area contributed by atoms with Crippen LogP contribution < -0.4 is 5.32 Å². The minimum atomic E-state index is -3.69. The first-order chi connectivity index (χ1) is 15.7. The molecule has 1 N–H and O–H groups in total. The van der Waals surface area contributed by atoms with Gasteiger partial charge in [-0.1, -0.05) is 52.3 Å². The van der Waals surface area contributed by atoms with Crippen LogP contribution in [0, 0.1) is 11.8 Å². The average Bonchev–Trinajstić information content (AvgIpc) is 3.03. The van der Waals surface area contributed by atoms with E-state index >= 15 is 0 Å². The van der Waals surface area contributed by atoms with Gasteiger partial charge in [0.2, 0.25) is 15.9 Å². The number of carbonyl (C=O) groups excluding carboxylic acids is 1. The number of fused-ring (bicyclic) bond motifs is 1. The van der Waals surface area contributed by atoms with Crippen molar-refractivity contribution < 1.29 is 13.2 Å². The van der Waals surface area contributed by atoms with Crippen molar-refractivity contribution in [2.75, 3.05) is 19.6 Å². The second-order valence-corrected chi connectivity index (χ2v) is 12.0. The monoisotopic (exact) mass is 472 g/mol. The fraction of sp³-hybridized carbons (Fsp3) is 0.600. The molecule has 0 radical (unpaired) electrons. The summed E-state index contributed by atoms with van der Waals surface area (Å²) < 4.78 is 28.7. The first kappa shape index (κ1) is 24.1. The van der Waals surface area contributed by atoms with Gasteiger partial charge in [0.15, 0.2) is 0 Å².